The molecule has 0 atom stereocenters. The van der Waals surface area contributed by atoms with Crippen molar-refractivity contribution < 1.29 is 0 Å². The first-order valence-corrected chi connectivity index (χ1v) is 22.3. The summed E-state index contributed by atoms with van der Waals surface area (Å²) < 4.78 is 0. The van der Waals surface area contributed by atoms with Gasteiger partial charge in [0.2, 0.25) is 0 Å². The summed E-state index contributed by atoms with van der Waals surface area (Å²) in [5.74, 6) is 2.69. The number of hydrogen-bond donors (Lipinski definition) is 0. The molecule has 0 spiro atoms. The van der Waals surface area contributed by atoms with Crippen LogP contribution in [-0.4, -0.2) is 9.97 Å². The standard InChI is InChI=1S/C60H40N6/c1-9-25-49-41(17-1)33-34-42-18-2-10-26-50(42)63(49)57-58(64-51-27-11-3-19-43(51)35-36-44-20-4-12-28-52(44)64)62-60(66-55-31-15-7-23-47(55)39-40-48-24-8-16-32-56(48)66)59(61-57)65-53-29-13-5-21-45(53)37-38-46-22-6-14-30-54(46)65/h1-40H. The Balaban J connectivity index is 1.23. The molecule has 310 valence electrons. The largest absolute Gasteiger partial charge is 0.291 e. The zero-order valence-corrected chi connectivity index (χ0v) is 35.8. The van der Waals surface area contributed by atoms with E-state index in [-0.39, 0.29) is 0 Å². The van der Waals surface area contributed by atoms with Crippen LogP contribution >= 0.6 is 0 Å². The highest BCUT2D eigenvalue weighted by molar-refractivity contribution is 6.04. The summed E-state index contributed by atoms with van der Waals surface area (Å²) in [6.45, 7) is 0. The van der Waals surface area contributed by atoms with Crippen molar-refractivity contribution >= 4 is 117 Å². The van der Waals surface area contributed by atoms with Gasteiger partial charge in [-0.25, -0.2) is 9.97 Å². The molecule has 4 aliphatic rings. The van der Waals surface area contributed by atoms with Gasteiger partial charge in [-0.05, 0) is 93.0 Å². The van der Waals surface area contributed by atoms with Crippen molar-refractivity contribution in [3.8, 4) is 0 Å². The normalized spacial score (nSPS) is 13.7. The van der Waals surface area contributed by atoms with Gasteiger partial charge in [0.25, 0.3) is 0 Å². The van der Waals surface area contributed by atoms with Crippen molar-refractivity contribution in [2.75, 3.05) is 19.6 Å². The summed E-state index contributed by atoms with van der Waals surface area (Å²) in [5.41, 5.74) is 16.5. The van der Waals surface area contributed by atoms with Gasteiger partial charge in [0.05, 0.1) is 45.5 Å². The Morgan fingerprint density at radius 2 is 0.318 bits per heavy atom. The number of fused-ring (bicyclic) bond motifs is 8. The summed E-state index contributed by atoms with van der Waals surface area (Å²) >= 11 is 0. The molecule has 0 saturated carbocycles. The second-order valence-electron chi connectivity index (χ2n) is 16.7. The molecule has 0 amide bonds. The minimum atomic E-state index is 0.672. The number of benzene rings is 8. The van der Waals surface area contributed by atoms with E-state index in [0.29, 0.717) is 23.3 Å². The smallest absolute Gasteiger partial charge is 0.184 e. The molecule has 5 heterocycles. The van der Waals surface area contributed by atoms with Crippen LogP contribution in [-0.2, 0) is 0 Å². The molecule has 0 unspecified atom stereocenters. The van der Waals surface area contributed by atoms with E-state index in [4.69, 9.17) is 9.97 Å². The van der Waals surface area contributed by atoms with Crippen molar-refractivity contribution in [3.05, 3.63) is 239 Å². The molecule has 4 aliphatic heterocycles. The molecule has 8 aromatic carbocycles. The van der Waals surface area contributed by atoms with Crippen LogP contribution in [0.2, 0.25) is 0 Å². The van der Waals surface area contributed by atoms with Crippen LogP contribution in [0.4, 0.5) is 68.8 Å². The second kappa shape index (κ2) is 15.4. The maximum atomic E-state index is 6.21. The number of nitrogens with zero attached hydrogens (tertiary/aromatic N) is 6. The van der Waals surface area contributed by atoms with Crippen molar-refractivity contribution in [1.29, 1.82) is 0 Å². The molecular weight excluding hydrogens is 805 g/mol. The fourth-order valence-electron chi connectivity index (χ4n) is 9.81. The minimum Gasteiger partial charge on any atom is -0.291 e. The molecule has 0 saturated heterocycles. The van der Waals surface area contributed by atoms with Gasteiger partial charge in [0.15, 0.2) is 23.3 Å². The number of rotatable bonds is 4. The Kier molecular flexibility index (Phi) is 8.74. The zero-order valence-electron chi connectivity index (χ0n) is 35.8. The Hall–Kier alpha value is -9.00. The van der Waals surface area contributed by atoms with Gasteiger partial charge >= 0.3 is 0 Å². The molecule has 0 radical (unpaired) electrons. The molecule has 13 rings (SSSR count). The Morgan fingerprint density at radius 1 is 0.182 bits per heavy atom. The average molecular weight is 845 g/mol. The lowest BCUT2D eigenvalue weighted by Gasteiger charge is -2.37. The summed E-state index contributed by atoms with van der Waals surface area (Å²) in [6.07, 6.45) is 17.7. The summed E-state index contributed by atoms with van der Waals surface area (Å²) in [5, 5.41) is 0. The molecule has 0 aliphatic carbocycles. The molecule has 9 aromatic rings. The summed E-state index contributed by atoms with van der Waals surface area (Å²) in [6, 6.07) is 68.7. The van der Waals surface area contributed by atoms with Gasteiger partial charge in [0.1, 0.15) is 0 Å². The number of para-hydroxylation sites is 8. The minimum absolute atomic E-state index is 0.672. The third kappa shape index (κ3) is 6.04. The first-order chi connectivity index (χ1) is 32.8. The van der Waals surface area contributed by atoms with E-state index in [9.17, 15) is 0 Å². The average Bonchev–Trinajstić information content (AvgIpc) is 3.81. The molecule has 6 heteroatoms. The van der Waals surface area contributed by atoms with Crippen molar-refractivity contribution in [3.63, 3.8) is 0 Å². The highest BCUT2D eigenvalue weighted by Gasteiger charge is 2.37. The predicted molar refractivity (Wildman–Crippen MR) is 276 cm³/mol. The van der Waals surface area contributed by atoms with Crippen LogP contribution in [0, 0.1) is 0 Å². The van der Waals surface area contributed by atoms with E-state index in [2.05, 4.69) is 262 Å². The topological polar surface area (TPSA) is 38.7 Å². The van der Waals surface area contributed by atoms with E-state index in [1.165, 1.54) is 0 Å². The van der Waals surface area contributed by atoms with Gasteiger partial charge in [0, 0.05) is 0 Å². The number of aromatic nitrogens is 2. The molecule has 0 bridgehead atoms. The molecule has 1 aromatic heterocycles. The molecule has 0 N–H and O–H groups in total. The van der Waals surface area contributed by atoms with Gasteiger partial charge in [-0.15, -0.1) is 0 Å². The van der Waals surface area contributed by atoms with Crippen LogP contribution in [0.15, 0.2) is 194 Å². The van der Waals surface area contributed by atoms with Crippen LogP contribution < -0.4 is 19.6 Å². The van der Waals surface area contributed by atoms with E-state index in [1.54, 1.807) is 0 Å². The van der Waals surface area contributed by atoms with Crippen molar-refractivity contribution in [2.24, 2.45) is 0 Å². The zero-order chi connectivity index (χ0) is 43.6. The number of hydrogen-bond acceptors (Lipinski definition) is 6. The summed E-state index contributed by atoms with van der Waals surface area (Å²) in [4.78, 5) is 21.7. The maximum Gasteiger partial charge on any atom is 0.184 e. The van der Waals surface area contributed by atoms with E-state index in [0.717, 1.165) is 90.0 Å². The van der Waals surface area contributed by atoms with Gasteiger partial charge < -0.3 is 0 Å². The van der Waals surface area contributed by atoms with Crippen molar-refractivity contribution in [2.45, 2.75) is 0 Å². The Morgan fingerprint density at radius 3 is 0.470 bits per heavy atom. The fourth-order valence-corrected chi connectivity index (χ4v) is 9.81. The quantitative estimate of drug-likeness (QED) is 0.176. The van der Waals surface area contributed by atoms with Crippen LogP contribution in [0.3, 0.4) is 0 Å². The van der Waals surface area contributed by atoms with E-state index >= 15 is 0 Å². The second-order valence-corrected chi connectivity index (χ2v) is 16.7. The maximum absolute atomic E-state index is 6.21. The highest BCUT2D eigenvalue weighted by Crippen LogP contribution is 2.55. The third-order valence-electron chi connectivity index (χ3n) is 12.9. The lowest BCUT2D eigenvalue weighted by molar-refractivity contribution is 1.03. The molecular formula is C60H40N6. The summed E-state index contributed by atoms with van der Waals surface area (Å²) in [7, 11) is 0. The van der Waals surface area contributed by atoms with Gasteiger partial charge in [-0.3, -0.25) is 19.6 Å². The molecule has 6 nitrogen and oxygen atoms in total. The molecule has 0 fully saturated rings. The molecule has 66 heavy (non-hydrogen) atoms. The third-order valence-corrected chi connectivity index (χ3v) is 12.9. The first kappa shape index (κ1) is 37.5. The Bertz CT molecular complexity index is 2880. The predicted octanol–water partition coefficient (Wildman–Crippen LogP) is 16.3. The van der Waals surface area contributed by atoms with Gasteiger partial charge in [-0.1, -0.05) is 194 Å². The monoisotopic (exact) mass is 844 g/mol. The van der Waals surface area contributed by atoms with E-state index in [1.807, 2.05) is 0 Å². The first-order valence-electron chi connectivity index (χ1n) is 22.3. The van der Waals surface area contributed by atoms with Crippen LogP contribution in [0.1, 0.15) is 44.5 Å². The fraction of sp³-hybridized carbons (Fsp3) is 0. The lowest BCUT2D eigenvalue weighted by Crippen LogP contribution is -2.26. The van der Waals surface area contributed by atoms with Crippen LogP contribution in [0.25, 0.3) is 48.6 Å². The SMILES string of the molecule is C1=Cc2ccccc2N(c2nc(N3c4ccccc4C=Cc4ccccc43)c(N3c4ccccc4C=Cc4ccccc43)nc2N2c3ccccc3C=Cc3ccccc32)c2ccccc21. The highest BCUT2D eigenvalue weighted by atomic mass is 15.4. The van der Waals surface area contributed by atoms with Gasteiger partial charge in [-0.2, -0.15) is 0 Å². The lowest BCUT2D eigenvalue weighted by atomic mass is 10.1. The van der Waals surface area contributed by atoms with Crippen molar-refractivity contribution in [1.82, 2.24) is 9.97 Å². The van der Waals surface area contributed by atoms with Crippen LogP contribution in [0.5, 0.6) is 0 Å². The number of anilines is 12. The Labute approximate surface area is 384 Å². The van der Waals surface area contributed by atoms with E-state index < -0.39 is 0 Å².